The molecular formula is C28H23FN2O9S. The number of nitrogens with zero attached hydrogens (tertiary/aromatic N) is 2. The fourth-order valence-electron chi connectivity index (χ4n) is 4.85. The predicted octanol–water partition coefficient (Wildman–Crippen LogP) is 2.77. The summed E-state index contributed by atoms with van der Waals surface area (Å²) in [6.45, 7) is -0.275. The third kappa shape index (κ3) is 6.53. The predicted molar refractivity (Wildman–Crippen MR) is 141 cm³/mol. The summed E-state index contributed by atoms with van der Waals surface area (Å²) in [5.74, 6) is -3.29. The molecule has 0 aliphatic carbocycles. The zero-order valence-corrected chi connectivity index (χ0v) is 22.3. The Morgan fingerprint density at radius 2 is 1.54 bits per heavy atom. The maximum absolute atomic E-state index is 13.5. The SMILES string of the molecule is C[n+]1c2ccccc2c(C(=O)Oc2ccccc2)c2cccc(C(CN3C(=O)CCC3=O)C(=O)O)c21.O=S(=O)([O-])F. The van der Waals surface area contributed by atoms with Crippen molar-refractivity contribution < 1.29 is 50.4 Å². The molecule has 13 heteroatoms. The number of benzene rings is 3. The molecule has 41 heavy (non-hydrogen) atoms. The topological polar surface area (TPSA) is 162 Å². The molecule has 1 saturated heterocycles. The molecule has 1 unspecified atom stereocenters. The number of amides is 2. The van der Waals surface area contributed by atoms with E-state index in [1.54, 1.807) is 49.5 Å². The summed E-state index contributed by atoms with van der Waals surface area (Å²) in [6, 6.07) is 21.1. The molecule has 1 aromatic heterocycles. The van der Waals surface area contributed by atoms with Crippen LogP contribution in [0.3, 0.4) is 0 Å². The first-order chi connectivity index (χ1) is 19.4. The van der Waals surface area contributed by atoms with E-state index in [2.05, 4.69) is 0 Å². The quantitative estimate of drug-likeness (QED) is 0.0685. The van der Waals surface area contributed by atoms with E-state index in [4.69, 9.17) is 17.7 Å². The number of hydrogen-bond donors (Lipinski definition) is 1. The van der Waals surface area contributed by atoms with Gasteiger partial charge < -0.3 is 14.4 Å². The van der Waals surface area contributed by atoms with Gasteiger partial charge in [0, 0.05) is 31.0 Å². The molecule has 1 aliphatic heterocycles. The number of carbonyl (C=O) groups is 4. The number of hydrogen-bond acceptors (Lipinski definition) is 8. The third-order valence-electron chi connectivity index (χ3n) is 6.56. The monoisotopic (exact) mass is 582 g/mol. The first kappa shape index (κ1) is 29.2. The Bertz CT molecular complexity index is 1770. The van der Waals surface area contributed by atoms with Gasteiger partial charge in [0.15, 0.2) is 0 Å². The molecule has 0 bridgehead atoms. The number of aryl methyl sites for hydroxylation is 1. The van der Waals surface area contributed by atoms with Gasteiger partial charge in [0.05, 0.1) is 16.3 Å². The van der Waals surface area contributed by atoms with Crippen LogP contribution in [0.4, 0.5) is 3.89 Å². The maximum Gasteiger partial charge on any atom is 0.345 e. The second-order valence-electron chi connectivity index (χ2n) is 9.08. The summed E-state index contributed by atoms with van der Waals surface area (Å²) in [5.41, 5.74) is 1.93. The minimum atomic E-state index is -5.42. The second kappa shape index (κ2) is 11.8. The third-order valence-corrected chi connectivity index (χ3v) is 6.56. The number of halogens is 1. The van der Waals surface area contributed by atoms with E-state index >= 15 is 0 Å². The fourth-order valence-corrected chi connectivity index (χ4v) is 4.85. The molecule has 2 heterocycles. The van der Waals surface area contributed by atoms with Gasteiger partial charge in [-0.15, -0.1) is 3.89 Å². The molecule has 5 rings (SSSR count). The van der Waals surface area contributed by atoms with Crippen molar-refractivity contribution in [3.05, 3.63) is 83.9 Å². The lowest BCUT2D eigenvalue weighted by Gasteiger charge is -2.20. The molecule has 1 fully saturated rings. The molecule has 212 valence electrons. The zero-order chi connectivity index (χ0) is 29.9. The van der Waals surface area contributed by atoms with Crippen molar-refractivity contribution in [1.82, 2.24) is 4.90 Å². The van der Waals surface area contributed by atoms with Crippen LogP contribution in [0.5, 0.6) is 5.75 Å². The number of fused-ring (bicyclic) bond motifs is 2. The number of rotatable bonds is 6. The molecule has 0 spiro atoms. The number of carboxylic acid groups (broad SMARTS) is 1. The average Bonchev–Trinajstić information content (AvgIpc) is 3.23. The highest BCUT2D eigenvalue weighted by Gasteiger charge is 2.37. The molecule has 0 radical (unpaired) electrons. The van der Waals surface area contributed by atoms with Crippen molar-refractivity contribution in [2.45, 2.75) is 18.8 Å². The van der Waals surface area contributed by atoms with Crippen LogP contribution in [0.15, 0.2) is 72.8 Å². The van der Waals surface area contributed by atoms with E-state index < -0.39 is 28.4 Å². The van der Waals surface area contributed by atoms with Crippen LogP contribution in [0, 0.1) is 0 Å². The van der Waals surface area contributed by atoms with E-state index in [9.17, 15) is 28.2 Å². The van der Waals surface area contributed by atoms with Gasteiger partial charge >= 0.3 is 11.9 Å². The summed E-state index contributed by atoms with van der Waals surface area (Å²) < 4.78 is 42.8. The molecule has 3 aromatic carbocycles. The average molecular weight is 583 g/mol. The Labute approximate surface area is 233 Å². The number of ether oxygens (including phenoxy) is 1. The van der Waals surface area contributed by atoms with Gasteiger partial charge in [0.25, 0.3) is 10.5 Å². The fraction of sp³-hybridized carbons (Fsp3) is 0.179. The number of aromatic nitrogens is 1. The number of likely N-dealkylation sites (tertiary alicyclic amines) is 1. The molecule has 0 saturated carbocycles. The largest absolute Gasteiger partial charge is 0.722 e. The molecular weight excluding hydrogens is 559 g/mol. The standard InChI is InChI=1S/C28H22N2O6.FHO3S/c1-29-22-13-6-5-10-19(22)25(28(35)36-17-8-3-2-4-9-17)20-12-7-11-18(26(20)29)21(27(33)34)16-30-23(31)14-15-24(30)32;1-5(2,3)4/h2-13,21H,14-16H2,1H3;(H,2,3,4). The number of aliphatic carboxylic acids is 1. The van der Waals surface area contributed by atoms with E-state index in [1.807, 2.05) is 34.9 Å². The summed E-state index contributed by atoms with van der Waals surface area (Å²) in [7, 11) is -3.62. The normalized spacial score (nSPS) is 14.1. The van der Waals surface area contributed by atoms with Crippen molar-refractivity contribution >= 4 is 56.1 Å². The van der Waals surface area contributed by atoms with Crippen molar-refractivity contribution in [3.63, 3.8) is 0 Å². The van der Waals surface area contributed by atoms with Crippen LogP contribution in [0.25, 0.3) is 21.8 Å². The van der Waals surface area contributed by atoms with Crippen LogP contribution in [-0.2, 0) is 31.9 Å². The van der Waals surface area contributed by atoms with E-state index in [1.165, 1.54) is 0 Å². The summed E-state index contributed by atoms with van der Waals surface area (Å²) >= 11 is 0. The van der Waals surface area contributed by atoms with E-state index in [-0.39, 0.29) is 31.2 Å². The lowest BCUT2D eigenvalue weighted by molar-refractivity contribution is -0.618. The first-order valence-electron chi connectivity index (χ1n) is 12.2. The minimum Gasteiger partial charge on any atom is -0.722 e. The van der Waals surface area contributed by atoms with Crippen LogP contribution >= 0.6 is 0 Å². The molecule has 2 amide bonds. The first-order valence-corrected chi connectivity index (χ1v) is 13.5. The highest BCUT2D eigenvalue weighted by molar-refractivity contribution is 7.80. The summed E-state index contributed by atoms with van der Waals surface area (Å²) in [4.78, 5) is 51.4. The van der Waals surface area contributed by atoms with E-state index in [0.29, 0.717) is 38.7 Å². The van der Waals surface area contributed by atoms with Crippen LogP contribution in [-0.4, -0.2) is 53.3 Å². The van der Waals surface area contributed by atoms with Gasteiger partial charge in [-0.1, -0.05) is 42.5 Å². The van der Waals surface area contributed by atoms with Gasteiger partial charge in [-0.05, 0) is 24.3 Å². The molecule has 1 aliphatic rings. The Balaban J connectivity index is 0.000000714. The Morgan fingerprint density at radius 1 is 0.976 bits per heavy atom. The number of carbonyl (C=O) groups excluding carboxylic acids is 3. The Kier molecular flexibility index (Phi) is 8.40. The number of carboxylic acids is 1. The number of para-hydroxylation sites is 3. The molecule has 4 aromatic rings. The molecule has 1 N–H and O–H groups in total. The van der Waals surface area contributed by atoms with Gasteiger partial charge in [-0.25, -0.2) is 13.2 Å². The number of imide groups is 1. The second-order valence-corrected chi connectivity index (χ2v) is 9.87. The van der Waals surface area contributed by atoms with Crippen molar-refractivity contribution in [3.8, 4) is 5.75 Å². The lowest BCUT2D eigenvalue weighted by Crippen LogP contribution is -2.38. The van der Waals surface area contributed by atoms with Crippen molar-refractivity contribution in [1.29, 1.82) is 0 Å². The Hall–Kier alpha value is -4.75. The molecule has 1 atom stereocenters. The van der Waals surface area contributed by atoms with Crippen LogP contribution < -0.4 is 9.30 Å². The van der Waals surface area contributed by atoms with Crippen LogP contribution in [0.2, 0.25) is 0 Å². The van der Waals surface area contributed by atoms with Crippen molar-refractivity contribution in [2.75, 3.05) is 6.54 Å². The zero-order valence-electron chi connectivity index (χ0n) is 21.5. The van der Waals surface area contributed by atoms with Gasteiger partial charge in [-0.3, -0.25) is 19.3 Å². The van der Waals surface area contributed by atoms with Gasteiger partial charge in [0.2, 0.25) is 22.8 Å². The highest BCUT2D eigenvalue weighted by atomic mass is 32.3. The lowest BCUT2D eigenvalue weighted by atomic mass is 9.92. The van der Waals surface area contributed by atoms with E-state index in [0.717, 1.165) is 4.90 Å². The maximum atomic E-state index is 13.5. The highest BCUT2D eigenvalue weighted by Crippen LogP contribution is 2.32. The smallest absolute Gasteiger partial charge is 0.345 e. The summed E-state index contributed by atoms with van der Waals surface area (Å²) in [6.07, 6.45) is 0.156. The summed E-state index contributed by atoms with van der Waals surface area (Å²) in [5, 5.41) is 11.3. The van der Waals surface area contributed by atoms with Crippen LogP contribution in [0.1, 0.15) is 34.7 Å². The number of pyridine rings is 1. The van der Waals surface area contributed by atoms with Gasteiger partial charge in [0.1, 0.15) is 18.7 Å². The minimum absolute atomic E-state index is 0.0780. The Morgan fingerprint density at radius 3 is 2.15 bits per heavy atom. The molecule has 11 nitrogen and oxygen atoms in total. The van der Waals surface area contributed by atoms with Crippen molar-refractivity contribution in [2.24, 2.45) is 7.05 Å². The van der Waals surface area contributed by atoms with Gasteiger partial charge in [-0.2, -0.15) is 4.57 Å². The number of esters is 1.